The van der Waals surface area contributed by atoms with Crippen molar-refractivity contribution in [2.24, 2.45) is 0 Å². The van der Waals surface area contributed by atoms with E-state index in [0.29, 0.717) is 29.0 Å². The van der Waals surface area contributed by atoms with Crippen molar-refractivity contribution in [2.45, 2.75) is 32.7 Å². The summed E-state index contributed by atoms with van der Waals surface area (Å²) < 4.78 is 48.7. The zero-order valence-electron chi connectivity index (χ0n) is 18.9. The number of alkyl halides is 3. The minimum atomic E-state index is -4.43. The minimum Gasteiger partial charge on any atom is -0.494 e. The van der Waals surface area contributed by atoms with Gasteiger partial charge in [0.1, 0.15) is 12.4 Å². The number of carboxylic acids is 1. The van der Waals surface area contributed by atoms with Crippen molar-refractivity contribution in [1.29, 1.82) is 0 Å². The first-order valence-electron chi connectivity index (χ1n) is 10.8. The number of carboxylic acid groups (broad SMARTS) is 1. The van der Waals surface area contributed by atoms with Crippen LogP contribution in [0.15, 0.2) is 66.7 Å². The Morgan fingerprint density at radius 3 is 2.31 bits per heavy atom. The Hall–Kier alpha value is -4.01. The van der Waals surface area contributed by atoms with E-state index in [-0.39, 0.29) is 19.6 Å². The first kappa shape index (κ1) is 25.6. The molecule has 0 bridgehead atoms. The topological polar surface area (TPSA) is 84.9 Å². The van der Waals surface area contributed by atoms with Crippen LogP contribution < -0.4 is 10.1 Å². The molecule has 1 amide bonds. The first-order valence-corrected chi connectivity index (χ1v) is 10.8. The Bertz CT molecular complexity index is 1180. The number of carbonyl (C=O) groups is 2. The zero-order valence-corrected chi connectivity index (χ0v) is 18.9. The number of amides is 1. The highest BCUT2D eigenvalue weighted by molar-refractivity contribution is 5.73. The number of benzene rings is 3. The third-order valence-corrected chi connectivity index (χ3v) is 5.05. The molecule has 0 aliphatic heterocycles. The maximum atomic E-state index is 12.7. The number of ether oxygens (including phenoxy) is 2. The number of hydrogen-bond donors (Lipinski definition) is 2. The number of alkyl carbamates (subject to hydrolysis) is 1. The van der Waals surface area contributed by atoms with E-state index in [1.165, 1.54) is 12.1 Å². The molecule has 0 saturated carbocycles. The van der Waals surface area contributed by atoms with Gasteiger partial charge in [-0.1, -0.05) is 42.5 Å². The predicted octanol–water partition coefficient (Wildman–Crippen LogP) is 5.82. The predicted molar refractivity (Wildman–Crippen MR) is 123 cm³/mol. The average molecular weight is 487 g/mol. The highest BCUT2D eigenvalue weighted by Crippen LogP contribution is 2.29. The molecular formula is C26H24F3NO5. The summed E-state index contributed by atoms with van der Waals surface area (Å²) in [4.78, 5) is 23.2. The second kappa shape index (κ2) is 11.4. The second-order valence-electron chi connectivity index (χ2n) is 7.65. The van der Waals surface area contributed by atoms with Gasteiger partial charge in [-0.05, 0) is 53.4 Å². The Kier molecular flexibility index (Phi) is 8.35. The summed E-state index contributed by atoms with van der Waals surface area (Å²) in [5, 5.41) is 11.7. The van der Waals surface area contributed by atoms with Crippen LogP contribution in [-0.4, -0.2) is 23.8 Å². The van der Waals surface area contributed by atoms with Gasteiger partial charge >= 0.3 is 18.2 Å². The molecule has 0 aromatic heterocycles. The van der Waals surface area contributed by atoms with Crippen molar-refractivity contribution in [3.05, 3.63) is 89.0 Å². The second-order valence-corrected chi connectivity index (χ2v) is 7.65. The molecule has 3 aromatic carbocycles. The van der Waals surface area contributed by atoms with Crippen LogP contribution in [-0.2, 0) is 35.3 Å². The van der Waals surface area contributed by atoms with E-state index >= 15 is 0 Å². The lowest BCUT2D eigenvalue weighted by atomic mass is 9.99. The number of halogens is 3. The van der Waals surface area contributed by atoms with Crippen LogP contribution in [0.1, 0.15) is 29.2 Å². The van der Waals surface area contributed by atoms with Crippen LogP contribution in [0.4, 0.5) is 18.0 Å². The SMILES string of the molecule is CCOc1ccc(-c2cccc(CC(=O)O)c2)cc1CNC(=O)OCc1ccc(C(F)(F)F)cc1. The lowest BCUT2D eigenvalue weighted by molar-refractivity contribution is -0.138. The van der Waals surface area contributed by atoms with Crippen molar-refractivity contribution in [1.82, 2.24) is 5.32 Å². The lowest BCUT2D eigenvalue weighted by Gasteiger charge is -2.14. The Labute approximate surface area is 200 Å². The van der Waals surface area contributed by atoms with Crippen molar-refractivity contribution >= 4 is 12.1 Å². The van der Waals surface area contributed by atoms with E-state index in [1.807, 2.05) is 25.1 Å². The van der Waals surface area contributed by atoms with Crippen molar-refractivity contribution in [3.63, 3.8) is 0 Å². The number of carbonyl (C=O) groups excluding carboxylic acids is 1. The summed E-state index contributed by atoms with van der Waals surface area (Å²) in [5.74, 6) is -0.352. The third kappa shape index (κ3) is 7.49. The fourth-order valence-electron chi connectivity index (χ4n) is 3.39. The molecular weight excluding hydrogens is 463 g/mol. The largest absolute Gasteiger partial charge is 0.494 e. The standard InChI is InChI=1S/C26H24F3NO5/c1-2-34-23-11-8-20(19-5-3-4-18(12-19)13-24(31)32)14-21(23)15-30-25(33)35-16-17-6-9-22(10-7-17)26(27,28)29/h3-12,14H,2,13,15-16H2,1H3,(H,30,33)(H,31,32). The summed E-state index contributed by atoms with van der Waals surface area (Å²) >= 11 is 0. The van der Waals surface area contributed by atoms with Gasteiger partial charge in [0.05, 0.1) is 18.6 Å². The van der Waals surface area contributed by atoms with Gasteiger partial charge in [-0.15, -0.1) is 0 Å². The highest BCUT2D eigenvalue weighted by Gasteiger charge is 2.29. The lowest BCUT2D eigenvalue weighted by Crippen LogP contribution is -2.24. The number of nitrogens with one attached hydrogen (secondary N) is 1. The fraction of sp³-hybridized carbons (Fsp3) is 0.231. The van der Waals surface area contributed by atoms with E-state index in [2.05, 4.69) is 5.32 Å². The maximum Gasteiger partial charge on any atom is 0.416 e. The van der Waals surface area contributed by atoms with Gasteiger partial charge < -0.3 is 19.9 Å². The molecule has 184 valence electrons. The molecule has 0 saturated heterocycles. The average Bonchev–Trinajstić information content (AvgIpc) is 2.81. The van der Waals surface area contributed by atoms with E-state index in [9.17, 15) is 22.8 Å². The van der Waals surface area contributed by atoms with Crippen LogP contribution in [0.2, 0.25) is 0 Å². The van der Waals surface area contributed by atoms with E-state index < -0.39 is 23.8 Å². The first-order chi connectivity index (χ1) is 16.7. The van der Waals surface area contributed by atoms with Crippen LogP contribution in [0.5, 0.6) is 5.75 Å². The molecule has 0 heterocycles. The van der Waals surface area contributed by atoms with E-state index in [0.717, 1.165) is 23.3 Å². The summed E-state index contributed by atoms with van der Waals surface area (Å²) in [6.45, 7) is 2.15. The van der Waals surface area contributed by atoms with Crippen LogP contribution in [0.25, 0.3) is 11.1 Å². The number of aliphatic carboxylic acids is 1. The third-order valence-electron chi connectivity index (χ3n) is 5.05. The van der Waals surface area contributed by atoms with Crippen molar-refractivity contribution in [2.75, 3.05) is 6.61 Å². The number of rotatable bonds is 9. The molecule has 3 aromatic rings. The summed E-state index contributed by atoms with van der Waals surface area (Å²) in [6, 6.07) is 17.0. The van der Waals surface area contributed by atoms with Gasteiger partial charge in [-0.25, -0.2) is 4.79 Å². The fourth-order valence-corrected chi connectivity index (χ4v) is 3.39. The monoisotopic (exact) mass is 487 g/mol. The van der Waals surface area contributed by atoms with Gasteiger partial charge in [0.2, 0.25) is 0 Å². The molecule has 0 radical (unpaired) electrons. The Morgan fingerprint density at radius 2 is 1.66 bits per heavy atom. The molecule has 6 nitrogen and oxygen atoms in total. The van der Waals surface area contributed by atoms with Crippen molar-refractivity contribution in [3.8, 4) is 16.9 Å². The Balaban J connectivity index is 1.66. The smallest absolute Gasteiger partial charge is 0.416 e. The summed E-state index contributed by atoms with van der Waals surface area (Å²) in [7, 11) is 0. The van der Waals surface area contributed by atoms with Crippen molar-refractivity contribution < 1.29 is 37.3 Å². The van der Waals surface area contributed by atoms with Crippen LogP contribution >= 0.6 is 0 Å². The molecule has 9 heteroatoms. The molecule has 0 atom stereocenters. The molecule has 0 aliphatic rings. The van der Waals surface area contributed by atoms with E-state index in [4.69, 9.17) is 14.6 Å². The molecule has 0 aliphatic carbocycles. The van der Waals surface area contributed by atoms with Gasteiger partial charge in [0.25, 0.3) is 0 Å². The molecule has 0 fully saturated rings. The van der Waals surface area contributed by atoms with Gasteiger partial charge in [-0.2, -0.15) is 13.2 Å². The van der Waals surface area contributed by atoms with Gasteiger partial charge in [0.15, 0.2) is 0 Å². The number of hydrogen-bond acceptors (Lipinski definition) is 4. The summed E-state index contributed by atoms with van der Waals surface area (Å²) in [5.41, 5.74) is 2.62. The molecule has 0 spiro atoms. The quantitative estimate of drug-likeness (QED) is 0.397. The van der Waals surface area contributed by atoms with Crippen LogP contribution in [0.3, 0.4) is 0 Å². The molecule has 35 heavy (non-hydrogen) atoms. The normalized spacial score (nSPS) is 11.1. The van der Waals surface area contributed by atoms with Gasteiger partial charge in [-0.3, -0.25) is 4.79 Å². The van der Waals surface area contributed by atoms with E-state index in [1.54, 1.807) is 24.3 Å². The maximum absolute atomic E-state index is 12.7. The van der Waals surface area contributed by atoms with Crippen LogP contribution in [0, 0.1) is 0 Å². The van der Waals surface area contributed by atoms with Gasteiger partial charge in [0, 0.05) is 12.1 Å². The molecule has 2 N–H and O–H groups in total. The molecule has 3 rings (SSSR count). The minimum absolute atomic E-state index is 0.0871. The Morgan fingerprint density at radius 1 is 0.943 bits per heavy atom. The highest BCUT2D eigenvalue weighted by atomic mass is 19.4. The summed E-state index contributed by atoms with van der Waals surface area (Å²) in [6.07, 6.45) is -5.26. The zero-order chi connectivity index (χ0) is 25.4. The molecule has 0 unspecified atom stereocenters.